The minimum Gasteiger partial charge on any atom is -0.391 e. The fourth-order valence-corrected chi connectivity index (χ4v) is 3.59. The number of aryl methyl sites for hydroxylation is 1. The second-order valence-corrected chi connectivity index (χ2v) is 6.91. The quantitative estimate of drug-likeness (QED) is 0.820. The second kappa shape index (κ2) is 7.97. The van der Waals surface area contributed by atoms with Crippen molar-refractivity contribution in [2.24, 2.45) is 5.92 Å². The van der Waals surface area contributed by atoms with Gasteiger partial charge in [0.05, 0.1) is 19.3 Å². The number of carbonyl (C=O) groups is 2. The lowest BCUT2D eigenvalue weighted by Gasteiger charge is -2.18. The van der Waals surface area contributed by atoms with Gasteiger partial charge < -0.3 is 20.1 Å². The summed E-state index contributed by atoms with van der Waals surface area (Å²) in [6.07, 6.45) is 1.68. The minimum atomic E-state index is -0.623. The SMILES string of the molecule is CNC(=O)C[C@@H]1CN(C(=O)CCc2ccc3c(c2)COCC3)C[C@H]1O. The molecule has 0 saturated carbocycles. The molecule has 2 heterocycles. The Morgan fingerprint density at radius 2 is 2.16 bits per heavy atom. The first kappa shape index (κ1) is 17.9. The van der Waals surface area contributed by atoms with Crippen molar-refractivity contribution in [3.63, 3.8) is 0 Å². The summed E-state index contributed by atoms with van der Waals surface area (Å²) in [5.74, 6) is -0.244. The Balaban J connectivity index is 1.52. The van der Waals surface area contributed by atoms with Gasteiger partial charge in [0.2, 0.25) is 11.8 Å². The Morgan fingerprint density at radius 3 is 2.96 bits per heavy atom. The third-order valence-electron chi connectivity index (χ3n) is 5.16. The maximum Gasteiger partial charge on any atom is 0.223 e. The first-order valence-electron chi connectivity index (χ1n) is 8.91. The third kappa shape index (κ3) is 4.38. The Hall–Kier alpha value is -1.92. The van der Waals surface area contributed by atoms with Crippen LogP contribution in [0.15, 0.2) is 18.2 Å². The van der Waals surface area contributed by atoms with Crippen LogP contribution in [0.1, 0.15) is 29.5 Å². The molecule has 0 unspecified atom stereocenters. The van der Waals surface area contributed by atoms with Crippen LogP contribution in [0.3, 0.4) is 0 Å². The topological polar surface area (TPSA) is 78.9 Å². The molecule has 0 spiro atoms. The van der Waals surface area contributed by atoms with Crippen molar-refractivity contribution in [2.75, 3.05) is 26.7 Å². The van der Waals surface area contributed by atoms with Crippen molar-refractivity contribution in [1.82, 2.24) is 10.2 Å². The predicted octanol–water partition coefficient (Wildman–Crippen LogP) is 0.647. The maximum absolute atomic E-state index is 12.4. The van der Waals surface area contributed by atoms with Crippen LogP contribution in [0.2, 0.25) is 0 Å². The van der Waals surface area contributed by atoms with Gasteiger partial charge in [-0.25, -0.2) is 0 Å². The van der Waals surface area contributed by atoms with Gasteiger partial charge in [0.25, 0.3) is 0 Å². The first-order valence-corrected chi connectivity index (χ1v) is 8.91. The Kier molecular flexibility index (Phi) is 5.71. The van der Waals surface area contributed by atoms with Crippen molar-refractivity contribution in [2.45, 2.75) is 38.4 Å². The number of nitrogens with zero attached hydrogens (tertiary/aromatic N) is 1. The van der Waals surface area contributed by atoms with Crippen LogP contribution in [0, 0.1) is 5.92 Å². The van der Waals surface area contributed by atoms with Gasteiger partial charge in [-0.2, -0.15) is 0 Å². The summed E-state index contributed by atoms with van der Waals surface area (Å²) in [5, 5.41) is 12.6. The normalized spacial score (nSPS) is 22.6. The lowest BCUT2D eigenvalue weighted by molar-refractivity contribution is -0.130. The predicted molar refractivity (Wildman–Crippen MR) is 92.9 cm³/mol. The number of β-amino-alcohol motifs (C(OH)–C–C–N with tert-alkyl or cyclic N) is 1. The highest BCUT2D eigenvalue weighted by molar-refractivity contribution is 5.78. The van der Waals surface area contributed by atoms with Crippen molar-refractivity contribution < 1.29 is 19.4 Å². The number of hydrogen-bond donors (Lipinski definition) is 2. The number of amides is 2. The summed E-state index contributed by atoms with van der Waals surface area (Å²) in [5.41, 5.74) is 3.69. The van der Waals surface area contributed by atoms with E-state index in [9.17, 15) is 14.7 Å². The van der Waals surface area contributed by atoms with Gasteiger partial charge in [-0.3, -0.25) is 9.59 Å². The molecule has 3 rings (SSSR count). The van der Waals surface area contributed by atoms with E-state index in [1.807, 2.05) is 0 Å². The van der Waals surface area contributed by atoms with Crippen LogP contribution in [-0.2, 0) is 33.8 Å². The largest absolute Gasteiger partial charge is 0.391 e. The number of carbonyl (C=O) groups excluding carboxylic acids is 2. The number of ether oxygens (including phenoxy) is 1. The number of nitrogens with one attached hydrogen (secondary N) is 1. The zero-order valence-electron chi connectivity index (χ0n) is 14.7. The van der Waals surface area contributed by atoms with Crippen molar-refractivity contribution in [3.8, 4) is 0 Å². The molecule has 0 aliphatic carbocycles. The van der Waals surface area contributed by atoms with Crippen LogP contribution in [0.25, 0.3) is 0 Å². The summed E-state index contributed by atoms with van der Waals surface area (Å²) in [4.78, 5) is 25.6. The number of rotatable bonds is 5. The molecule has 2 N–H and O–H groups in total. The van der Waals surface area contributed by atoms with Crippen molar-refractivity contribution >= 4 is 11.8 Å². The summed E-state index contributed by atoms with van der Waals surface area (Å²) in [6, 6.07) is 6.36. The fourth-order valence-electron chi connectivity index (χ4n) is 3.59. The first-order chi connectivity index (χ1) is 12.1. The monoisotopic (exact) mass is 346 g/mol. The van der Waals surface area contributed by atoms with Gasteiger partial charge in [-0.05, 0) is 29.5 Å². The summed E-state index contributed by atoms with van der Waals surface area (Å²) < 4.78 is 5.49. The molecule has 0 radical (unpaired) electrons. The Bertz CT molecular complexity index is 646. The molecule has 6 nitrogen and oxygen atoms in total. The summed E-state index contributed by atoms with van der Waals surface area (Å²) in [6.45, 7) is 2.19. The smallest absolute Gasteiger partial charge is 0.223 e. The molecule has 25 heavy (non-hydrogen) atoms. The molecule has 136 valence electrons. The van der Waals surface area contributed by atoms with E-state index in [4.69, 9.17) is 4.74 Å². The average Bonchev–Trinajstić information content (AvgIpc) is 3.00. The summed E-state index contributed by atoms with van der Waals surface area (Å²) >= 11 is 0. The van der Waals surface area contributed by atoms with E-state index in [1.54, 1.807) is 11.9 Å². The van der Waals surface area contributed by atoms with Gasteiger partial charge in [-0.15, -0.1) is 0 Å². The van der Waals surface area contributed by atoms with Gasteiger partial charge in [-0.1, -0.05) is 18.2 Å². The molecule has 0 bridgehead atoms. The van der Waals surface area contributed by atoms with Crippen LogP contribution in [0.5, 0.6) is 0 Å². The number of aliphatic hydroxyl groups excluding tert-OH is 1. The van der Waals surface area contributed by atoms with Crippen molar-refractivity contribution in [3.05, 3.63) is 34.9 Å². The molecule has 2 atom stereocenters. The zero-order valence-corrected chi connectivity index (χ0v) is 14.7. The molecular formula is C19H26N2O4. The fraction of sp³-hybridized carbons (Fsp3) is 0.579. The molecule has 1 fully saturated rings. The molecule has 1 aromatic carbocycles. The summed E-state index contributed by atoms with van der Waals surface area (Å²) in [7, 11) is 1.58. The standard InChI is InChI=1S/C19H26N2O4/c1-20-18(23)9-15-10-21(11-17(15)22)19(24)5-3-13-2-4-14-6-7-25-12-16(14)8-13/h2,4,8,15,17,22H,3,5-7,9-12H2,1H3,(H,20,23)/t15-,17-/m1/s1. The number of likely N-dealkylation sites (tertiary alicyclic amines) is 1. The van der Waals surface area contributed by atoms with E-state index in [0.29, 0.717) is 32.5 Å². The molecular weight excluding hydrogens is 320 g/mol. The molecule has 0 aromatic heterocycles. The number of aliphatic hydroxyl groups is 1. The lowest BCUT2D eigenvalue weighted by Crippen LogP contribution is -2.30. The highest BCUT2D eigenvalue weighted by atomic mass is 16.5. The molecule has 6 heteroatoms. The highest BCUT2D eigenvalue weighted by Crippen LogP contribution is 2.22. The Labute approximate surface area is 148 Å². The minimum absolute atomic E-state index is 0.0347. The molecule has 2 amide bonds. The Morgan fingerprint density at radius 1 is 1.32 bits per heavy atom. The second-order valence-electron chi connectivity index (χ2n) is 6.91. The van der Waals surface area contributed by atoms with E-state index >= 15 is 0 Å². The lowest BCUT2D eigenvalue weighted by atomic mass is 9.98. The molecule has 2 aliphatic rings. The van der Waals surface area contributed by atoms with E-state index in [0.717, 1.165) is 18.6 Å². The molecule has 1 saturated heterocycles. The van der Waals surface area contributed by atoms with Crippen LogP contribution in [-0.4, -0.2) is 54.7 Å². The number of benzene rings is 1. The maximum atomic E-state index is 12.4. The van der Waals surface area contributed by atoms with Gasteiger partial charge in [0.15, 0.2) is 0 Å². The van der Waals surface area contributed by atoms with Crippen molar-refractivity contribution in [1.29, 1.82) is 0 Å². The van der Waals surface area contributed by atoms with Crippen LogP contribution < -0.4 is 5.32 Å². The van der Waals surface area contributed by atoms with E-state index in [1.165, 1.54) is 11.1 Å². The van der Waals surface area contributed by atoms with Gasteiger partial charge in [0.1, 0.15) is 0 Å². The van der Waals surface area contributed by atoms with Crippen LogP contribution in [0.4, 0.5) is 0 Å². The van der Waals surface area contributed by atoms with E-state index < -0.39 is 6.10 Å². The average molecular weight is 346 g/mol. The number of hydrogen-bond acceptors (Lipinski definition) is 4. The van der Waals surface area contributed by atoms with E-state index in [2.05, 4.69) is 23.5 Å². The van der Waals surface area contributed by atoms with E-state index in [-0.39, 0.29) is 24.2 Å². The number of fused-ring (bicyclic) bond motifs is 1. The van der Waals surface area contributed by atoms with Gasteiger partial charge >= 0.3 is 0 Å². The highest BCUT2D eigenvalue weighted by Gasteiger charge is 2.34. The molecule has 2 aliphatic heterocycles. The third-order valence-corrected chi connectivity index (χ3v) is 5.16. The molecule has 1 aromatic rings. The zero-order chi connectivity index (χ0) is 17.8. The van der Waals surface area contributed by atoms with Crippen LogP contribution >= 0.6 is 0 Å². The van der Waals surface area contributed by atoms with Gasteiger partial charge in [0, 0.05) is 38.9 Å².